The van der Waals surface area contributed by atoms with E-state index >= 15 is 0 Å². The van der Waals surface area contributed by atoms with Gasteiger partial charge in [-0.1, -0.05) is 30.3 Å². The molecular formula is C27H19FN4O4S. The van der Waals surface area contributed by atoms with E-state index in [1.165, 1.54) is 60.3 Å². The third-order valence-electron chi connectivity index (χ3n) is 5.61. The number of amides is 1. The zero-order chi connectivity index (χ0) is 26.1. The SMILES string of the molecule is COc1cc(/C=C2\C(=N)N3N=C(c4ccccc4C)SC3=NC2=O)ccc1OC(=O)c1ccc(F)cc1. The fraction of sp³-hybridized carbons (Fsp3) is 0.0741. The Labute approximate surface area is 215 Å². The van der Waals surface area contributed by atoms with Crippen LogP contribution in [0.2, 0.25) is 0 Å². The third kappa shape index (κ3) is 4.78. The minimum Gasteiger partial charge on any atom is -0.493 e. The fourth-order valence-electron chi connectivity index (χ4n) is 3.68. The van der Waals surface area contributed by atoms with E-state index in [0.717, 1.165) is 11.1 Å². The second kappa shape index (κ2) is 9.82. The molecule has 2 heterocycles. The number of thioether (sulfide) groups is 1. The number of benzene rings is 3. The van der Waals surface area contributed by atoms with Gasteiger partial charge in [0, 0.05) is 5.56 Å². The van der Waals surface area contributed by atoms with Crippen LogP contribution >= 0.6 is 11.8 Å². The van der Waals surface area contributed by atoms with E-state index in [1.807, 2.05) is 31.2 Å². The number of hydrogen-bond donors (Lipinski definition) is 1. The fourth-order valence-corrected chi connectivity index (χ4v) is 4.67. The summed E-state index contributed by atoms with van der Waals surface area (Å²) in [5.41, 5.74) is 2.69. The first-order chi connectivity index (χ1) is 17.8. The minimum atomic E-state index is -0.677. The minimum absolute atomic E-state index is 0.0530. The van der Waals surface area contributed by atoms with Crippen LogP contribution in [0.4, 0.5) is 4.39 Å². The van der Waals surface area contributed by atoms with Gasteiger partial charge < -0.3 is 9.47 Å². The largest absolute Gasteiger partial charge is 0.493 e. The van der Waals surface area contributed by atoms with Crippen LogP contribution in [0.25, 0.3) is 6.08 Å². The molecule has 3 aromatic carbocycles. The molecule has 2 aliphatic heterocycles. The molecule has 5 rings (SSSR count). The van der Waals surface area contributed by atoms with Gasteiger partial charge in [0.05, 0.1) is 18.2 Å². The van der Waals surface area contributed by atoms with Crippen LogP contribution in [0, 0.1) is 18.2 Å². The number of hydrogen-bond acceptors (Lipinski definition) is 7. The lowest BCUT2D eigenvalue weighted by Gasteiger charge is -2.20. The Morgan fingerprint density at radius 1 is 1.08 bits per heavy atom. The lowest BCUT2D eigenvalue weighted by atomic mass is 10.1. The Bertz CT molecular complexity index is 1550. The molecular weight excluding hydrogens is 495 g/mol. The average Bonchev–Trinajstić information content (AvgIpc) is 3.31. The van der Waals surface area contributed by atoms with E-state index in [1.54, 1.807) is 12.1 Å². The molecule has 0 bridgehead atoms. The molecule has 8 nitrogen and oxygen atoms in total. The van der Waals surface area contributed by atoms with E-state index in [0.29, 0.717) is 15.8 Å². The summed E-state index contributed by atoms with van der Waals surface area (Å²) in [5.74, 6) is -1.42. The lowest BCUT2D eigenvalue weighted by molar-refractivity contribution is -0.114. The highest BCUT2D eigenvalue weighted by molar-refractivity contribution is 8.27. The molecule has 37 heavy (non-hydrogen) atoms. The van der Waals surface area contributed by atoms with E-state index in [9.17, 15) is 14.0 Å². The van der Waals surface area contributed by atoms with Gasteiger partial charge in [-0.3, -0.25) is 10.2 Å². The molecule has 184 valence electrons. The van der Waals surface area contributed by atoms with Crippen molar-refractivity contribution in [1.82, 2.24) is 5.01 Å². The summed E-state index contributed by atoms with van der Waals surface area (Å²) in [6.45, 7) is 1.97. The zero-order valence-corrected chi connectivity index (χ0v) is 20.5. The third-order valence-corrected chi connectivity index (χ3v) is 6.55. The summed E-state index contributed by atoms with van der Waals surface area (Å²) < 4.78 is 23.9. The van der Waals surface area contributed by atoms with E-state index < -0.39 is 17.7 Å². The summed E-state index contributed by atoms with van der Waals surface area (Å²) in [7, 11) is 1.41. The Morgan fingerprint density at radius 2 is 1.84 bits per heavy atom. The number of hydrazone groups is 1. The predicted molar refractivity (Wildman–Crippen MR) is 140 cm³/mol. The van der Waals surface area contributed by atoms with E-state index in [-0.39, 0.29) is 28.5 Å². The van der Waals surface area contributed by atoms with Crippen molar-refractivity contribution in [2.45, 2.75) is 6.92 Å². The highest BCUT2D eigenvalue weighted by Gasteiger charge is 2.36. The Morgan fingerprint density at radius 3 is 2.57 bits per heavy atom. The molecule has 1 N–H and O–H groups in total. The number of nitrogens with zero attached hydrogens (tertiary/aromatic N) is 3. The lowest BCUT2D eigenvalue weighted by Crippen LogP contribution is -2.35. The first-order valence-electron chi connectivity index (χ1n) is 11.1. The van der Waals surface area contributed by atoms with Gasteiger partial charge in [-0.2, -0.15) is 15.1 Å². The van der Waals surface area contributed by atoms with Crippen LogP contribution in [0.15, 0.2) is 82.4 Å². The average molecular weight is 515 g/mol. The number of amidine groups is 2. The summed E-state index contributed by atoms with van der Waals surface area (Å²) >= 11 is 1.24. The number of methoxy groups -OCH3 is 1. The van der Waals surface area contributed by atoms with E-state index in [2.05, 4.69) is 10.1 Å². The molecule has 0 unspecified atom stereocenters. The first-order valence-corrected chi connectivity index (χ1v) is 11.9. The molecule has 3 aromatic rings. The smallest absolute Gasteiger partial charge is 0.343 e. The van der Waals surface area contributed by atoms with Crippen molar-refractivity contribution in [3.05, 3.63) is 100 Å². The maximum atomic E-state index is 13.1. The van der Waals surface area contributed by atoms with Crippen molar-refractivity contribution in [3.8, 4) is 11.5 Å². The van der Waals surface area contributed by atoms with Crippen LogP contribution in [0.3, 0.4) is 0 Å². The summed E-state index contributed by atoms with van der Waals surface area (Å²) in [6.07, 6.45) is 1.50. The molecule has 0 spiro atoms. The molecule has 0 radical (unpaired) electrons. The predicted octanol–water partition coefficient (Wildman–Crippen LogP) is 5.03. The molecule has 0 saturated carbocycles. The van der Waals surface area contributed by atoms with Gasteiger partial charge in [0.15, 0.2) is 17.3 Å². The van der Waals surface area contributed by atoms with Crippen LogP contribution < -0.4 is 9.47 Å². The number of carbonyl (C=O) groups is 2. The number of rotatable bonds is 5. The summed E-state index contributed by atoms with van der Waals surface area (Å²) in [6, 6.07) is 17.4. The van der Waals surface area contributed by atoms with Crippen LogP contribution in [0.5, 0.6) is 11.5 Å². The zero-order valence-electron chi connectivity index (χ0n) is 19.7. The van der Waals surface area contributed by atoms with Crippen LogP contribution in [0.1, 0.15) is 27.0 Å². The molecule has 10 heteroatoms. The molecule has 2 aliphatic rings. The van der Waals surface area contributed by atoms with E-state index in [4.69, 9.17) is 14.9 Å². The molecule has 0 aliphatic carbocycles. The Kier molecular flexibility index (Phi) is 6.41. The summed E-state index contributed by atoms with van der Waals surface area (Å²) in [5, 5.41) is 15.5. The second-order valence-electron chi connectivity index (χ2n) is 8.05. The van der Waals surface area contributed by atoms with Crippen molar-refractivity contribution in [2.24, 2.45) is 10.1 Å². The van der Waals surface area contributed by atoms with Gasteiger partial charge in [0.2, 0.25) is 5.17 Å². The number of ether oxygens (including phenoxy) is 2. The molecule has 0 atom stereocenters. The number of fused-ring (bicyclic) bond motifs is 1. The van der Waals surface area contributed by atoms with Gasteiger partial charge in [0.25, 0.3) is 5.91 Å². The number of aryl methyl sites for hydroxylation is 1. The Balaban J connectivity index is 1.40. The Hall–Kier alpha value is -4.57. The first kappa shape index (κ1) is 24.1. The van der Waals surface area contributed by atoms with Crippen molar-refractivity contribution in [3.63, 3.8) is 0 Å². The quantitative estimate of drug-likeness (QED) is 0.291. The maximum absolute atomic E-state index is 13.1. The monoisotopic (exact) mass is 514 g/mol. The number of aliphatic imine (C=N–C) groups is 1. The molecule has 0 aromatic heterocycles. The van der Waals surface area contributed by atoms with Gasteiger partial charge in [-0.25, -0.2) is 9.18 Å². The topological polar surface area (TPSA) is 104 Å². The van der Waals surface area contributed by atoms with Gasteiger partial charge in [-0.05, 0) is 72.3 Å². The number of carbonyl (C=O) groups excluding carboxylic acids is 2. The highest BCUT2D eigenvalue weighted by Crippen LogP contribution is 2.33. The standard InChI is InChI=1S/C27H19FN4O4S/c1-15-5-3-4-6-19(15)25-31-32-23(29)20(24(33)30-27(32)37-25)13-16-7-12-21(22(14-16)35-2)36-26(34)17-8-10-18(28)11-9-17/h3-14,29H,1-2H3/b20-13+,29-23?. The molecule has 0 saturated heterocycles. The van der Waals surface area contributed by atoms with Crippen molar-refractivity contribution in [2.75, 3.05) is 7.11 Å². The van der Waals surface area contributed by atoms with Crippen molar-refractivity contribution < 1.29 is 23.5 Å². The summed E-state index contributed by atoms with van der Waals surface area (Å²) in [4.78, 5) is 29.3. The number of esters is 1. The molecule has 1 amide bonds. The number of halogens is 1. The molecule has 0 fully saturated rings. The number of nitrogens with one attached hydrogen (secondary N) is 1. The second-order valence-corrected chi connectivity index (χ2v) is 9.00. The normalized spacial score (nSPS) is 15.9. The van der Waals surface area contributed by atoms with Gasteiger partial charge in [0.1, 0.15) is 10.9 Å². The maximum Gasteiger partial charge on any atom is 0.343 e. The highest BCUT2D eigenvalue weighted by atomic mass is 32.2. The van der Waals surface area contributed by atoms with Gasteiger partial charge in [-0.15, -0.1) is 0 Å². The van der Waals surface area contributed by atoms with Crippen LogP contribution in [-0.4, -0.2) is 40.0 Å². The van der Waals surface area contributed by atoms with Crippen molar-refractivity contribution in [1.29, 1.82) is 5.41 Å². The van der Waals surface area contributed by atoms with Crippen LogP contribution in [-0.2, 0) is 4.79 Å². The van der Waals surface area contributed by atoms with Gasteiger partial charge >= 0.3 is 5.97 Å². The van der Waals surface area contributed by atoms with Crippen molar-refractivity contribution >= 4 is 45.8 Å².